The Hall–Kier alpha value is -1.29. The zero-order valence-corrected chi connectivity index (χ0v) is 12.0. The Bertz CT molecular complexity index is 488. The standard InChI is InChI=1S/C14H19ClN2O2/c1-14(2)9-4-3-8-12(14)16-13-10(15)6-5-7-11(13)17(18)19/h5-7,12,16H,3-4,8-9H2,1-2H3. The summed E-state index contributed by atoms with van der Waals surface area (Å²) in [6.45, 7) is 4.40. The van der Waals surface area contributed by atoms with Gasteiger partial charge in [-0.2, -0.15) is 0 Å². The molecule has 1 saturated carbocycles. The van der Waals surface area contributed by atoms with Gasteiger partial charge in [0.05, 0.1) is 9.95 Å². The van der Waals surface area contributed by atoms with Gasteiger partial charge in [0.2, 0.25) is 0 Å². The molecule has 0 aliphatic heterocycles. The third-order valence-corrected chi connectivity index (χ3v) is 4.33. The number of hydrogen-bond donors (Lipinski definition) is 1. The molecular weight excluding hydrogens is 264 g/mol. The van der Waals surface area contributed by atoms with Gasteiger partial charge in [-0.05, 0) is 24.3 Å². The highest BCUT2D eigenvalue weighted by Crippen LogP contribution is 2.40. The Morgan fingerprint density at radius 2 is 2.16 bits per heavy atom. The molecule has 1 aromatic rings. The van der Waals surface area contributed by atoms with Gasteiger partial charge in [0.1, 0.15) is 5.69 Å². The monoisotopic (exact) mass is 282 g/mol. The molecule has 0 saturated heterocycles. The summed E-state index contributed by atoms with van der Waals surface area (Å²) in [5, 5.41) is 14.8. The van der Waals surface area contributed by atoms with Crippen molar-refractivity contribution in [1.82, 2.24) is 0 Å². The summed E-state index contributed by atoms with van der Waals surface area (Å²) in [6, 6.07) is 5.01. The van der Waals surface area contributed by atoms with Gasteiger partial charge < -0.3 is 5.32 Å². The largest absolute Gasteiger partial charge is 0.375 e. The van der Waals surface area contributed by atoms with Crippen LogP contribution in [0.25, 0.3) is 0 Å². The van der Waals surface area contributed by atoms with E-state index in [4.69, 9.17) is 11.6 Å². The molecule has 1 N–H and O–H groups in total. The highest BCUT2D eigenvalue weighted by Gasteiger charge is 2.33. The molecule has 1 fully saturated rings. The molecule has 1 atom stereocenters. The minimum atomic E-state index is -0.385. The third-order valence-electron chi connectivity index (χ3n) is 4.01. The van der Waals surface area contributed by atoms with Crippen LogP contribution in [0, 0.1) is 15.5 Å². The molecule has 0 radical (unpaired) electrons. The highest BCUT2D eigenvalue weighted by atomic mass is 35.5. The molecule has 0 bridgehead atoms. The second-order valence-electron chi connectivity index (χ2n) is 5.82. The van der Waals surface area contributed by atoms with Crippen molar-refractivity contribution in [3.63, 3.8) is 0 Å². The van der Waals surface area contributed by atoms with Crippen molar-refractivity contribution >= 4 is 23.0 Å². The molecule has 0 spiro atoms. The second kappa shape index (κ2) is 5.37. The van der Waals surface area contributed by atoms with Crippen LogP contribution in [0.4, 0.5) is 11.4 Å². The van der Waals surface area contributed by atoms with Gasteiger partial charge in [0.25, 0.3) is 5.69 Å². The van der Waals surface area contributed by atoms with Crippen molar-refractivity contribution in [1.29, 1.82) is 0 Å². The van der Waals surface area contributed by atoms with Crippen molar-refractivity contribution in [2.24, 2.45) is 5.41 Å². The normalized spacial score (nSPS) is 21.9. The van der Waals surface area contributed by atoms with Crippen LogP contribution in [0.5, 0.6) is 0 Å². The van der Waals surface area contributed by atoms with E-state index in [2.05, 4.69) is 19.2 Å². The lowest BCUT2D eigenvalue weighted by atomic mass is 9.73. The number of halogens is 1. The van der Waals surface area contributed by atoms with Crippen LogP contribution >= 0.6 is 11.6 Å². The minimum Gasteiger partial charge on any atom is -0.375 e. The maximum Gasteiger partial charge on any atom is 0.293 e. The van der Waals surface area contributed by atoms with Crippen LogP contribution in [0.3, 0.4) is 0 Å². The van der Waals surface area contributed by atoms with Crippen LogP contribution in [0.1, 0.15) is 39.5 Å². The summed E-state index contributed by atoms with van der Waals surface area (Å²) in [5.41, 5.74) is 0.633. The third kappa shape index (κ3) is 3.00. The average Bonchev–Trinajstić information content (AvgIpc) is 2.33. The Morgan fingerprint density at radius 1 is 1.42 bits per heavy atom. The van der Waals surface area contributed by atoms with Crippen molar-refractivity contribution < 1.29 is 4.92 Å². The van der Waals surface area contributed by atoms with Crippen molar-refractivity contribution in [3.05, 3.63) is 33.3 Å². The van der Waals surface area contributed by atoms with E-state index >= 15 is 0 Å². The van der Waals surface area contributed by atoms with E-state index < -0.39 is 0 Å². The van der Waals surface area contributed by atoms with Gasteiger partial charge in [0, 0.05) is 12.1 Å². The lowest BCUT2D eigenvalue weighted by Gasteiger charge is -2.39. The smallest absolute Gasteiger partial charge is 0.293 e. The summed E-state index contributed by atoms with van der Waals surface area (Å²) in [5.74, 6) is 0. The number of nitrogens with one attached hydrogen (secondary N) is 1. The lowest BCUT2D eigenvalue weighted by molar-refractivity contribution is -0.384. The van der Waals surface area contributed by atoms with Crippen LogP contribution in [-0.4, -0.2) is 11.0 Å². The summed E-state index contributed by atoms with van der Waals surface area (Å²) in [4.78, 5) is 10.7. The van der Waals surface area contributed by atoms with E-state index in [9.17, 15) is 10.1 Å². The molecule has 1 aliphatic carbocycles. The van der Waals surface area contributed by atoms with Gasteiger partial charge in [-0.3, -0.25) is 10.1 Å². The van der Waals surface area contributed by atoms with E-state index in [1.165, 1.54) is 12.5 Å². The first-order chi connectivity index (χ1) is 8.92. The van der Waals surface area contributed by atoms with E-state index in [0.29, 0.717) is 10.7 Å². The predicted octanol–water partition coefficient (Wildman–Crippen LogP) is 4.63. The molecule has 0 amide bonds. The zero-order chi connectivity index (χ0) is 14.0. The molecule has 5 heteroatoms. The van der Waals surface area contributed by atoms with E-state index in [1.807, 2.05) is 0 Å². The van der Waals surface area contributed by atoms with Gasteiger partial charge in [0.15, 0.2) is 0 Å². The van der Waals surface area contributed by atoms with Crippen LogP contribution in [-0.2, 0) is 0 Å². The van der Waals surface area contributed by atoms with Crippen molar-refractivity contribution in [3.8, 4) is 0 Å². The van der Waals surface area contributed by atoms with Crippen molar-refractivity contribution in [2.75, 3.05) is 5.32 Å². The number of benzene rings is 1. The zero-order valence-electron chi connectivity index (χ0n) is 11.3. The molecule has 2 rings (SSSR count). The van der Waals surface area contributed by atoms with E-state index in [0.717, 1.165) is 19.3 Å². The van der Waals surface area contributed by atoms with Gasteiger partial charge in [-0.25, -0.2) is 0 Å². The predicted molar refractivity (Wildman–Crippen MR) is 77.8 cm³/mol. The van der Waals surface area contributed by atoms with Gasteiger partial charge >= 0.3 is 0 Å². The number of rotatable bonds is 3. The molecular formula is C14H19ClN2O2. The average molecular weight is 283 g/mol. The van der Waals surface area contributed by atoms with Crippen LogP contribution in [0.2, 0.25) is 5.02 Å². The Morgan fingerprint density at radius 3 is 2.79 bits per heavy atom. The fraction of sp³-hybridized carbons (Fsp3) is 0.571. The number of hydrogen-bond acceptors (Lipinski definition) is 3. The quantitative estimate of drug-likeness (QED) is 0.649. The topological polar surface area (TPSA) is 55.2 Å². The Kier molecular flexibility index (Phi) is 3.99. The Labute approximate surface area is 118 Å². The van der Waals surface area contributed by atoms with Gasteiger partial charge in [-0.15, -0.1) is 0 Å². The maximum atomic E-state index is 11.1. The number of para-hydroxylation sites is 1. The number of nitro groups is 1. The maximum absolute atomic E-state index is 11.1. The van der Waals surface area contributed by atoms with Crippen LogP contribution < -0.4 is 5.32 Å². The molecule has 104 valence electrons. The first-order valence-electron chi connectivity index (χ1n) is 6.61. The first-order valence-corrected chi connectivity index (χ1v) is 6.99. The van der Waals surface area contributed by atoms with E-state index in [1.54, 1.807) is 12.1 Å². The molecule has 0 heterocycles. The number of nitro benzene ring substituents is 1. The molecule has 19 heavy (non-hydrogen) atoms. The first kappa shape index (κ1) is 14.1. The summed E-state index contributed by atoms with van der Waals surface area (Å²) in [7, 11) is 0. The highest BCUT2D eigenvalue weighted by molar-refractivity contribution is 6.33. The fourth-order valence-electron chi connectivity index (χ4n) is 2.74. The minimum absolute atomic E-state index is 0.0499. The summed E-state index contributed by atoms with van der Waals surface area (Å²) in [6.07, 6.45) is 4.52. The summed E-state index contributed by atoms with van der Waals surface area (Å²) >= 11 is 6.12. The van der Waals surface area contributed by atoms with Crippen LogP contribution in [0.15, 0.2) is 18.2 Å². The molecule has 1 aromatic carbocycles. The number of nitrogens with zero attached hydrogens (tertiary/aromatic N) is 1. The SMILES string of the molecule is CC1(C)CCCCC1Nc1c(Cl)cccc1[N+](=O)[O-]. The fourth-order valence-corrected chi connectivity index (χ4v) is 2.97. The van der Waals surface area contributed by atoms with Gasteiger partial charge in [-0.1, -0.05) is 44.4 Å². The molecule has 0 aromatic heterocycles. The lowest BCUT2D eigenvalue weighted by Crippen LogP contribution is -2.39. The molecule has 4 nitrogen and oxygen atoms in total. The Balaban J connectivity index is 2.30. The number of anilines is 1. The second-order valence-corrected chi connectivity index (χ2v) is 6.23. The molecule has 1 unspecified atom stereocenters. The van der Waals surface area contributed by atoms with Crippen molar-refractivity contribution in [2.45, 2.75) is 45.6 Å². The molecule has 1 aliphatic rings. The van der Waals surface area contributed by atoms with E-state index in [-0.39, 0.29) is 22.1 Å². The summed E-state index contributed by atoms with van der Waals surface area (Å²) < 4.78 is 0.